The molecule has 1 N–H and O–H groups in total. The predicted molar refractivity (Wildman–Crippen MR) is 122 cm³/mol. The van der Waals surface area contributed by atoms with E-state index in [1.165, 1.54) is 32.6 Å². The Labute approximate surface area is 168 Å². The average Bonchev–Trinajstić information content (AvgIpc) is 3.13. The van der Waals surface area contributed by atoms with Crippen molar-refractivity contribution in [1.82, 2.24) is 9.97 Å². The van der Waals surface area contributed by atoms with Crippen LogP contribution in [-0.2, 0) is 6.42 Å². The van der Waals surface area contributed by atoms with Gasteiger partial charge in [-0.1, -0.05) is 61.0 Å². The summed E-state index contributed by atoms with van der Waals surface area (Å²) >= 11 is 0. The number of aryl methyl sites for hydroxylation is 3. The minimum absolute atomic E-state index is 0.901. The Morgan fingerprint density at radius 1 is 0.714 bits per heavy atom. The minimum Gasteiger partial charge on any atom is -0.343 e. The molecule has 0 atom stereocenters. The van der Waals surface area contributed by atoms with Crippen molar-refractivity contribution in [2.75, 3.05) is 0 Å². The Morgan fingerprint density at radius 2 is 1.21 bits per heavy atom. The van der Waals surface area contributed by atoms with E-state index in [4.69, 9.17) is 4.98 Å². The standard InChI is InChI=1S/C25H26N2P/c1-4-24-26-20(3)25(27-24)28(21-11-7-5-8-12-21,22-13-9-6-10-14-22)23-17-15-19(2)16-18-23/h5-18H,4H2,1-3H3,(H,26,27)/q+1. The van der Waals surface area contributed by atoms with E-state index in [1.54, 1.807) is 0 Å². The first-order valence-electron chi connectivity index (χ1n) is 9.80. The first-order chi connectivity index (χ1) is 13.7. The van der Waals surface area contributed by atoms with Gasteiger partial charge in [-0.2, -0.15) is 4.98 Å². The van der Waals surface area contributed by atoms with Crippen LogP contribution in [0.1, 0.15) is 24.0 Å². The molecule has 0 saturated carbocycles. The summed E-state index contributed by atoms with van der Waals surface area (Å²) in [5.74, 6) is 1.05. The molecule has 0 aliphatic rings. The first kappa shape index (κ1) is 18.7. The summed E-state index contributed by atoms with van der Waals surface area (Å²) in [5.41, 5.74) is 3.63. The number of aromatic amines is 1. The van der Waals surface area contributed by atoms with Gasteiger partial charge in [-0.15, -0.1) is 0 Å². The Balaban J connectivity index is 2.14. The third-order valence-corrected chi connectivity index (χ3v) is 9.56. The minimum atomic E-state index is -2.10. The number of hydrogen-bond acceptors (Lipinski definition) is 1. The lowest BCUT2D eigenvalue weighted by atomic mass is 10.2. The number of aromatic nitrogens is 2. The third kappa shape index (κ3) is 3.08. The first-order valence-corrected chi connectivity index (χ1v) is 11.6. The van der Waals surface area contributed by atoms with E-state index in [0.717, 1.165) is 12.2 Å². The van der Waals surface area contributed by atoms with Crippen molar-refractivity contribution in [2.24, 2.45) is 0 Å². The van der Waals surface area contributed by atoms with Crippen LogP contribution in [0.15, 0.2) is 84.9 Å². The lowest BCUT2D eigenvalue weighted by Gasteiger charge is -2.26. The SMILES string of the molecule is CCc1nc([P+](c2ccccc2)(c2ccccc2)c2ccc(C)cc2)c(C)[nH]1. The third-order valence-electron chi connectivity index (χ3n) is 5.27. The summed E-state index contributed by atoms with van der Waals surface area (Å²) in [6.45, 7) is 6.46. The van der Waals surface area contributed by atoms with Crippen molar-refractivity contribution in [3.05, 3.63) is 102 Å². The topological polar surface area (TPSA) is 28.7 Å². The van der Waals surface area contributed by atoms with E-state index in [2.05, 4.69) is 111 Å². The molecule has 0 unspecified atom stereocenters. The van der Waals surface area contributed by atoms with Gasteiger partial charge >= 0.3 is 0 Å². The van der Waals surface area contributed by atoms with Crippen molar-refractivity contribution in [3.8, 4) is 0 Å². The van der Waals surface area contributed by atoms with Gasteiger partial charge in [-0.3, -0.25) is 0 Å². The van der Waals surface area contributed by atoms with Crippen LogP contribution in [-0.4, -0.2) is 9.97 Å². The quantitative estimate of drug-likeness (QED) is 0.512. The van der Waals surface area contributed by atoms with Crippen LogP contribution in [0.25, 0.3) is 0 Å². The van der Waals surface area contributed by atoms with Crippen molar-refractivity contribution >= 4 is 28.6 Å². The van der Waals surface area contributed by atoms with Crippen LogP contribution in [0.2, 0.25) is 0 Å². The molecule has 0 fully saturated rings. The molecule has 0 aliphatic carbocycles. The van der Waals surface area contributed by atoms with Gasteiger partial charge in [0, 0.05) is 6.42 Å². The molecular formula is C25H26N2P+. The van der Waals surface area contributed by atoms with E-state index in [-0.39, 0.29) is 0 Å². The molecule has 0 amide bonds. The molecule has 3 aromatic carbocycles. The van der Waals surface area contributed by atoms with Gasteiger partial charge in [0.1, 0.15) is 21.7 Å². The van der Waals surface area contributed by atoms with E-state index < -0.39 is 7.26 Å². The number of nitrogens with one attached hydrogen (secondary N) is 1. The lowest BCUT2D eigenvalue weighted by molar-refractivity contribution is 0.984. The maximum absolute atomic E-state index is 5.15. The van der Waals surface area contributed by atoms with Crippen LogP contribution < -0.4 is 21.3 Å². The number of imidazole rings is 1. The van der Waals surface area contributed by atoms with Crippen molar-refractivity contribution < 1.29 is 0 Å². The number of H-pyrrole nitrogens is 1. The molecule has 140 valence electrons. The van der Waals surface area contributed by atoms with Gasteiger partial charge in [0.25, 0.3) is 0 Å². The Hall–Kier alpha value is -2.70. The van der Waals surface area contributed by atoms with Crippen molar-refractivity contribution in [3.63, 3.8) is 0 Å². The fraction of sp³-hybridized carbons (Fsp3) is 0.160. The van der Waals surface area contributed by atoms with Crippen molar-refractivity contribution in [2.45, 2.75) is 27.2 Å². The second-order valence-electron chi connectivity index (χ2n) is 7.16. The summed E-state index contributed by atoms with van der Waals surface area (Å²) in [4.78, 5) is 8.68. The number of nitrogens with zero attached hydrogens (tertiary/aromatic N) is 1. The molecule has 2 nitrogen and oxygen atoms in total. The van der Waals surface area contributed by atoms with Gasteiger partial charge in [-0.05, 0) is 50.2 Å². The van der Waals surface area contributed by atoms with Gasteiger partial charge < -0.3 is 4.98 Å². The summed E-state index contributed by atoms with van der Waals surface area (Å²) < 4.78 is 0. The number of rotatable bonds is 5. The highest BCUT2D eigenvalue weighted by Crippen LogP contribution is 2.54. The second kappa shape index (κ2) is 7.73. The molecule has 1 heterocycles. The normalized spacial score (nSPS) is 11.5. The fourth-order valence-electron chi connectivity index (χ4n) is 3.89. The number of benzene rings is 3. The molecule has 0 radical (unpaired) electrons. The zero-order valence-corrected chi connectivity index (χ0v) is 17.6. The van der Waals surface area contributed by atoms with Gasteiger partial charge in [0.05, 0.1) is 5.69 Å². The summed E-state index contributed by atoms with van der Waals surface area (Å²) in [5, 5.41) is 4.01. The highest BCUT2D eigenvalue weighted by Gasteiger charge is 2.51. The Morgan fingerprint density at radius 3 is 1.68 bits per heavy atom. The second-order valence-corrected chi connectivity index (χ2v) is 10.5. The van der Waals surface area contributed by atoms with E-state index in [1.807, 2.05) is 0 Å². The smallest absolute Gasteiger partial charge is 0.218 e. The highest BCUT2D eigenvalue weighted by atomic mass is 31.2. The molecule has 4 aromatic rings. The Kier molecular flexibility index (Phi) is 5.15. The van der Waals surface area contributed by atoms with Gasteiger partial charge in [0.2, 0.25) is 5.44 Å². The largest absolute Gasteiger partial charge is 0.343 e. The zero-order chi connectivity index (χ0) is 19.6. The molecular weight excluding hydrogens is 359 g/mol. The average molecular weight is 385 g/mol. The molecule has 0 saturated heterocycles. The Bertz CT molecular complexity index is 1010. The van der Waals surface area contributed by atoms with Crippen LogP contribution in [0.5, 0.6) is 0 Å². The molecule has 4 rings (SSSR count). The van der Waals surface area contributed by atoms with Crippen LogP contribution in [0.3, 0.4) is 0 Å². The zero-order valence-electron chi connectivity index (χ0n) is 16.7. The molecule has 1 aromatic heterocycles. The van der Waals surface area contributed by atoms with Gasteiger partial charge in [0.15, 0.2) is 7.26 Å². The van der Waals surface area contributed by atoms with Crippen LogP contribution in [0, 0.1) is 13.8 Å². The van der Waals surface area contributed by atoms with E-state index in [0.29, 0.717) is 0 Å². The van der Waals surface area contributed by atoms with Crippen LogP contribution in [0.4, 0.5) is 0 Å². The predicted octanol–water partition coefficient (Wildman–Crippen LogP) is 4.21. The molecule has 28 heavy (non-hydrogen) atoms. The van der Waals surface area contributed by atoms with Gasteiger partial charge in [-0.25, -0.2) is 0 Å². The molecule has 0 bridgehead atoms. The maximum atomic E-state index is 5.15. The maximum Gasteiger partial charge on any atom is 0.218 e. The molecule has 0 spiro atoms. The van der Waals surface area contributed by atoms with Crippen LogP contribution >= 0.6 is 7.26 Å². The van der Waals surface area contributed by atoms with E-state index in [9.17, 15) is 0 Å². The molecule has 0 aliphatic heterocycles. The van der Waals surface area contributed by atoms with Crippen molar-refractivity contribution in [1.29, 1.82) is 0 Å². The van der Waals surface area contributed by atoms with E-state index >= 15 is 0 Å². The lowest BCUT2D eigenvalue weighted by Crippen LogP contribution is -2.40. The monoisotopic (exact) mass is 385 g/mol. The summed E-state index contributed by atoms with van der Waals surface area (Å²) in [7, 11) is -2.10. The fourth-order valence-corrected chi connectivity index (χ4v) is 8.18. The summed E-state index contributed by atoms with van der Waals surface area (Å²) in [6.07, 6.45) is 0.901. The highest BCUT2D eigenvalue weighted by molar-refractivity contribution is 8.01. The summed E-state index contributed by atoms with van der Waals surface area (Å²) in [6, 6.07) is 30.8. The molecule has 3 heteroatoms. The number of hydrogen-bond donors (Lipinski definition) is 1.